The molecule has 1 unspecified atom stereocenters. The molecule has 1 aliphatic heterocycles. The number of nitrogens with zero attached hydrogens (tertiary/aromatic N) is 2. The summed E-state index contributed by atoms with van der Waals surface area (Å²) in [7, 11) is 0. The molecule has 1 aromatic carbocycles. The van der Waals surface area contributed by atoms with Crippen LogP contribution in [-0.4, -0.2) is 27.7 Å². The first-order chi connectivity index (χ1) is 9.79. The van der Waals surface area contributed by atoms with Gasteiger partial charge in [0, 0.05) is 31.2 Å². The lowest BCUT2D eigenvalue weighted by atomic mass is 10.2. The van der Waals surface area contributed by atoms with Crippen LogP contribution in [0.15, 0.2) is 12.1 Å². The zero-order valence-corrected chi connectivity index (χ0v) is 12.6. The Morgan fingerprint density at radius 2 is 2.24 bits per heavy atom. The zero-order valence-electron chi connectivity index (χ0n) is 11.0. The average Bonchev–Trinajstić information content (AvgIpc) is 2.68. The Bertz CT molecular complexity index is 637. The molecular weight excluding hydrogens is 318 g/mol. The number of nitro groups is 1. The maximum Gasteiger partial charge on any atom is 0.290 e. The predicted octanol–water partition coefficient (Wildman–Crippen LogP) is 2.22. The standard InChI is InChI=1S/C12H12ClN3O4S/c1-6(17)21-7-2-12(18)15(5-7)11-4-10(16(19)20)8(13)3-9(11)14/h3-4,7H,2,5,14H2,1H3. The Hall–Kier alpha value is -1.80. The van der Waals surface area contributed by atoms with Gasteiger partial charge in [-0.1, -0.05) is 23.4 Å². The zero-order chi connectivity index (χ0) is 15.7. The van der Waals surface area contributed by atoms with E-state index < -0.39 is 4.92 Å². The number of anilines is 2. The number of carbonyl (C=O) groups is 2. The largest absolute Gasteiger partial charge is 0.397 e. The smallest absolute Gasteiger partial charge is 0.290 e. The monoisotopic (exact) mass is 329 g/mol. The second-order valence-corrected chi connectivity index (χ2v) is 6.44. The Kier molecular flexibility index (Phi) is 4.38. The minimum absolute atomic E-state index is 0.0790. The molecule has 0 bridgehead atoms. The van der Waals surface area contributed by atoms with Crippen molar-refractivity contribution in [2.24, 2.45) is 0 Å². The number of rotatable bonds is 3. The summed E-state index contributed by atoms with van der Waals surface area (Å²) in [5.74, 6) is -0.225. The number of thioether (sulfide) groups is 1. The normalized spacial score (nSPS) is 18.1. The van der Waals surface area contributed by atoms with E-state index >= 15 is 0 Å². The Balaban J connectivity index is 2.34. The van der Waals surface area contributed by atoms with Gasteiger partial charge in [-0.25, -0.2) is 0 Å². The van der Waals surface area contributed by atoms with E-state index in [1.165, 1.54) is 24.0 Å². The van der Waals surface area contributed by atoms with Gasteiger partial charge in [0.2, 0.25) is 5.91 Å². The first-order valence-electron chi connectivity index (χ1n) is 6.00. The molecule has 9 heteroatoms. The van der Waals surface area contributed by atoms with Gasteiger partial charge in [-0.3, -0.25) is 19.7 Å². The van der Waals surface area contributed by atoms with E-state index in [0.29, 0.717) is 0 Å². The van der Waals surface area contributed by atoms with Crippen LogP contribution in [0, 0.1) is 10.1 Å². The van der Waals surface area contributed by atoms with E-state index in [1.807, 2.05) is 0 Å². The molecule has 0 aliphatic carbocycles. The van der Waals surface area contributed by atoms with Crippen molar-refractivity contribution >= 4 is 51.4 Å². The molecule has 1 atom stereocenters. The third kappa shape index (κ3) is 3.27. The van der Waals surface area contributed by atoms with Crippen molar-refractivity contribution in [1.29, 1.82) is 0 Å². The summed E-state index contributed by atoms with van der Waals surface area (Å²) in [6.07, 6.45) is 0.195. The van der Waals surface area contributed by atoms with Gasteiger partial charge in [0.15, 0.2) is 5.12 Å². The number of hydrogen-bond donors (Lipinski definition) is 1. The number of nitrogens with two attached hydrogens (primary N) is 1. The van der Waals surface area contributed by atoms with Gasteiger partial charge in [0.25, 0.3) is 5.69 Å². The molecule has 0 aromatic heterocycles. The molecule has 1 amide bonds. The number of hydrogen-bond acceptors (Lipinski definition) is 6. The molecule has 1 fully saturated rings. The van der Waals surface area contributed by atoms with E-state index in [0.717, 1.165) is 11.8 Å². The summed E-state index contributed by atoms with van der Waals surface area (Å²) in [5.41, 5.74) is 5.94. The highest BCUT2D eigenvalue weighted by Crippen LogP contribution is 2.37. The summed E-state index contributed by atoms with van der Waals surface area (Å²) < 4.78 is 0. The van der Waals surface area contributed by atoms with Gasteiger partial charge in [0.05, 0.1) is 16.3 Å². The molecule has 0 saturated carbocycles. The summed E-state index contributed by atoms with van der Waals surface area (Å²) in [5, 5.41) is 10.6. The topological polar surface area (TPSA) is 107 Å². The van der Waals surface area contributed by atoms with Crippen LogP contribution in [0.5, 0.6) is 0 Å². The van der Waals surface area contributed by atoms with Crippen LogP contribution in [0.1, 0.15) is 13.3 Å². The van der Waals surface area contributed by atoms with Gasteiger partial charge in [-0.2, -0.15) is 0 Å². The summed E-state index contributed by atoms with van der Waals surface area (Å²) in [6, 6.07) is 2.45. The Morgan fingerprint density at radius 3 is 2.81 bits per heavy atom. The highest BCUT2D eigenvalue weighted by molar-refractivity contribution is 8.14. The third-order valence-corrected chi connectivity index (χ3v) is 4.29. The van der Waals surface area contributed by atoms with Crippen LogP contribution in [0.4, 0.5) is 17.1 Å². The van der Waals surface area contributed by atoms with Crippen LogP contribution >= 0.6 is 23.4 Å². The van der Waals surface area contributed by atoms with Crippen molar-refractivity contribution < 1.29 is 14.5 Å². The summed E-state index contributed by atoms with van der Waals surface area (Å²) in [4.78, 5) is 34.8. The predicted molar refractivity (Wildman–Crippen MR) is 81.5 cm³/mol. The fourth-order valence-electron chi connectivity index (χ4n) is 2.16. The van der Waals surface area contributed by atoms with Crippen LogP contribution in [-0.2, 0) is 9.59 Å². The number of carbonyl (C=O) groups excluding carboxylic acids is 2. The molecule has 0 radical (unpaired) electrons. The molecule has 2 N–H and O–H groups in total. The number of halogens is 1. The number of amides is 1. The van der Waals surface area contributed by atoms with Crippen LogP contribution in [0.25, 0.3) is 0 Å². The van der Waals surface area contributed by atoms with Crippen molar-refractivity contribution in [3.63, 3.8) is 0 Å². The minimum Gasteiger partial charge on any atom is -0.397 e. The Labute approximate surface area is 129 Å². The summed E-state index contributed by atoms with van der Waals surface area (Å²) in [6.45, 7) is 1.71. The quantitative estimate of drug-likeness (QED) is 0.517. The lowest BCUT2D eigenvalue weighted by Crippen LogP contribution is -2.26. The molecule has 7 nitrogen and oxygen atoms in total. The van der Waals surface area contributed by atoms with Gasteiger partial charge in [-0.05, 0) is 6.07 Å². The second-order valence-electron chi connectivity index (χ2n) is 4.56. The molecule has 1 saturated heterocycles. The van der Waals surface area contributed by atoms with Crippen molar-refractivity contribution in [2.75, 3.05) is 17.2 Å². The summed E-state index contributed by atoms with van der Waals surface area (Å²) >= 11 is 6.84. The van der Waals surface area contributed by atoms with Crippen molar-refractivity contribution in [2.45, 2.75) is 18.6 Å². The highest BCUT2D eigenvalue weighted by Gasteiger charge is 2.34. The maximum atomic E-state index is 12.0. The maximum absolute atomic E-state index is 12.0. The van der Waals surface area contributed by atoms with E-state index in [1.54, 1.807) is 0 Å². The van der Waals surface area contributed by atoms with Gasteiger partial charge >= 0.3 is 0 Å². The molecule has 112 valence electrons. The van der Waals surface area contributed by atoms with Crippen LogP contribution in [0.3, 0.4) is 0 Å². The first kappa shape index (κ1) is 15.6. The molecule has 21 heavy (non-hydrogen) atoms. The van der Waals surface area contributed by atoms with Gasteiger partial charge in [0.1, 0.15) is 5.02 Å². The van der Waals surface area contributed by atoms with E-state index in [9.17, 15) is 19.7 Å². The molecule has 1 heterocycles. The molecule has 2 rings (SSSR count). The van der Waals surface area contributed by atoms with Crippen molar-refractivity contribution in [3.05, 3.63) is 27.3 Å². The highest BCUT2D eigenvalue weighted by atomic mass is 35.5. The number of nitro benzene ring substituents is 1. The fourth-order valence-corrected chi connectivity index (χ4v) is 3.32. The second kappa shape index (κ2) is 5.90. The van der Waals surface area contributed by atoms with Crippen LogP contribution < -0.4 is 10.6 Å². The third-order valence-electron chi connectivity index (χ3n) is 3.01. The van der Waals surface area contributed by atoms with E-state index in [2.05, 4.69) is 0 Å². The molecular formula is C12H12ClN3O4S. The van der Waals surface area contributed by atoms with Gasteiger partial charge < -0.3 is 10.6 Å². The molecule has 0 spiro atoms. The lowest BCUT2D eigenvalue weighted by molar-refractivity contribution is -0.384. The van der Waals surface area contributed by atoms with E-state index in [-0.39, 0.29) is 51.3 Å². The number of nitrogen functional groups attached to an aromatic ring is 1. The first-order valence-corrected chi connectivity index (χ1v) is 7.26. The SMILES string of the molecule is CC(=O)SC1CC(=O)N(c2cc([N+](=O)[O-])c(Cl)cc2N)C1. The minimum atomic E-state index is -0.631. The van der Waals surface area contributed by atoms with Gasteiger partial charge in [-0.15, -0.1) is 0 Å². The molecule has 1 aromatic rings. The fraction of sp³-hybridized carbons (Fsp3) is 0.333. The number of benzene rings is 1. The van der Waals surface area contributed by atoms with Crippen molar-refractivity contribution in [3.8, 4) is 0 Å². The van der Waals surface area contributed by atoms with Crippen molar-refractivity contribution in [1.82, 2.24) is 0 Å². The lowest BCUT2D eigenvalue weighted by Gasteiger charge is -2.18. The van der Waals surface area contributed by atoms with E-state index in [4.69, 9.17) is 17.3 Å². The Morgan fingerprint density at radius 1 is 1.57 bits per heavy atom. The molecule has 1 aliphatic rings. The van der Waals surface area contributed by atoms with Crippen LogP contribution in [0.2, 0.25) is 5.02 Å². The average molecular weight is 330 g/mol.